The SMILES string of the molecule is C[Si](C)(C)CCOC(CO)c1ccco1. The van der Waals surface area contributed by atoms with E-state index in [2.05, 4.69) is 19.6 Å². The zero-order chi connectivity index (χ0) is 11.3. The molecule has 4 heteroatoms. The van der Waals surface area contributed by atoms with Crippen LogP contribution in [0.4, 0.5) is 0 Å². The number of hydrogen-bond donors (Lipinski definition) is 1. The number of aliphatic hydroxyl groups is 1. The summed E-state index contributed by atoms with van der Waals surface area (Å²) in [4.78, 5) is 0. The summed E-state index contributed by atoms with van der Waals surface area (Å²) in [5.74, 6) is 0.702. The highest BCUT2D eigenvalue weighted by Crippen LogP contribution is 2.18. The smallest absolute Gasteiger partial charge is 0.138 e. The highest BCUT2D eigenvalue weighted by atomic mass is 28.3. The minimum absolute atomic E-state index is 0.0286. The van der Waals surface area contributed by atoms with Crippen LogP contribution in [0, 0.1) is 0 Å². The fourth-order valence-electron chi connectivity index (χ4n) is 1.21. The molecule has 0 fully saturated rings. The van der Waals surface area contributed by atoms with E-state index in [0.29, 0.717) is 12.4 Å². The summed E-state index contributed by atoms with van der Waals surface area (Å²) < 4.78 is 10.8. The Morgan fingerprint density at radius 1 is 1.47 bits per heavy atom. The van der Waals surface area contributed by atoms with Gasteiger partial charge in [-0.3, -0.25) is 0 Å². The number of rotatable bonds is 6. The van der Waals surface area contributed by atoms with E-state index in [1.54, 1.807) is 12.3 Å². The molecule has 1 rings (SSSR count). The van der Waals surface area contributed by atoms with Gasteiger partial charge in [-0.05, 0) is 18.2 Å². The third-order valence-electron chi connectivity index (χ3n) is 2.20. The van der Waals surface area contributed by atoms with Gasteiger partial charge in [0.05, 0.1) is 12.9 Å². The van der Waals surface area contributed by atoms with E-state index in [4.69, 9.17) is 14.3 Å². The summed E-state index contributed by atoms with van der Waals surface area (Å²) in [6.45, 7) is 7.58. The molecule has 0 aliphatic rings. The zero-order valence-corrected chi connectivity index (χ0v) is 10.7. The van der Waals surface area contributed by atoms with Crippen molar-refractivity contribution in [1.82, 2.24) is 0 Å². The maximum atomic E-state index is 9.15. The molecule has 0 bridgehead atoms. The average molecular weight is 228 g/mol. The standard InChI is InChI=1S/C11H20O3Si/c1-15(2,3)8-7-14-11(9-12)10-5-4-6-13-10/h4-6,11-12H,7-9H2,1-3H3. The monoisotopic (exact) mass is 228 g/mol. The number of ether oxygens (including phenoxy) is 1. The van der Waals surface area contributed by atoms with Crippen LogP contribution >= 0.6 is 0 Å². The molecule has 0 radical (unpaired) electrons. The zero-order valence-electron chi connectivity index (χ0n) is 9.69. The van der Waals surface area contributed by atoms with Crippen LogP contribution in [0.15, 0.2) is 22.8 Å². The Hall–Kier alpha value is -0.583. The maximum Gasteiger partial charge on any atom is 0.138 e. The van der Waals surface area contributed by atoms with Gasteiger partial charge in [-0.15, -0.1) is 0 Å². The van der Waals surface area contributed by atoms with Gasteiger partial charge in [-0.25, -0.2) is 0 Å². The van der Waals surface area contributed by atoms with Crippen molar-refractivity contribution in [2.24, 2.45) is 0 Å². The topological polar surface area (TPSA) is 42.6 Å². The minimum Gasteiger partial charge on any atom is -0.466 e. The summed E-state index contributed by atoms with van der Waals surface area (Å²) in [7, 11) is -1.06. The Bertz CT molecular complexity index is 264. The van der Waals surface area contributed by atoms with Gasteiger partial charge in [-0.2, -0.15) is 0 Å². The predicted octanol–water partition coefficient (Wildman–Crippen LogP) is 2.67. The number of aliphatic hydroxyl groups excluding tert-OH is 1. The first kappa shape index (κ1) is 12.5. The van der Waals surface area contributed by atoms with Crippen LogP contribution in [0.5, 0.6) is 0 Å². The molecular weight excluding hydrogens is 208 g/mol. The molecular formula is C11H20O3Si. The minimum atomic E-state index is -1.06. The molecule has 15 heavy (non-hydrogen) atoms. The number of furan rings is 1. The molecule has 1 aromatic rings. The first-order valence-electron chi connectivity index (χ1n) is 5.29. The molecule has 3 nitrogen and oxygen atoms in total. The second-order valence-corrected chi connectivity index (χ2v) is 10.5. The Balaban J connectivity index is 2.36. The largest absolute Gasteiger partial charge is 0.466 e. The van der Waals surface area contributed by atoms with Crippen LogP contribution in [0.3, 0.4) is 0 Å². The molecule has 0 aliphatic heterocycles. The fourth-order valence-corrected chi connectivity index (χ4v) is 1.94. The van der Waals surface area contributed by atoms with Crippen molar-refractivity contribution in [1.29, 1.82) is 0 Å². The van der Waals surface area contributed by atoms with Crippen LogP contribution in [-0.2, 0) is 4.74 Å². The van der Waals surface area contributed by atoms with Crippen LogP contribution in [0.25, 0.3) is 0 Å². The van der Waals surface area contributed by atoms with E-state index in [-0.39, 0.29) is 12.7 Å². The lowest BCUT2D eigenvalue weighted by atomic mass is 10.3. The van der Waals surface area contributed by atoms with Crippen molar-refractivity contribution in [3.8, 4) is 0 Å². The van der Waals surface area contributed by atoms with Crippen molar-refractivity contribution < 1.29 is 14.3 Å². The molecule has 1 N–H and O–H groups in total. The van der Waals surface area contributed by atoms with Gasteiger partial charge in [-0.1, -0.05) is 19.6 Å². The van der Waals surface area contributed by atoms with Crippen LogP contribution in [0.1, 0.15) is 11.9 Å². The molecule has 1 unspecified atom stereocenters. The van der Waals surface area contributed by atoms with Gasteiger partial charge in [0, 0.05) is 14.7 Å². The van der Waals surface area contributed by atoms with Gasteiger partial charge >= 0.3 is 0 Å². The Morgan fingerprint density at radius 3 is 2.67 bits per heavy atom. The molecule has 86 valence electrons. The molecule has 0 saturated heterocycles. The van der Waals surface area contributed by atoms with Gasteiger partial charge in [0.15, 0.2) is 0 Å². The van der Waals surface area contributed by atoms with Crippen LogP contribution in [0.2, 0.25) is 25.7 Å². The van der Waals surface area contributed by atoms with Gasteiger partial charge < -0.3 is 14.3 Å². The highest BCUT2D eigenvalue weighted by molar-refractivity contribution is 6.76. The van der Waals surface area contributed by atoms with Crippen molar-refractivity contribution in [3.05, 3.63) is 24.2 Å². The van der Waals surface area contributed by atoms with E-state index in [1.807, 2.05) is 6.07 Å². The van der Waals surface area contributed by atoms with Gasteiger partial charge in [0.1, 0.15) is 11.9 Å². The highest BCUT2D eigenvalue weighted by Gasteiger charge is 2.17. The Kier molecular flexibility index (Phi) is 4.57. The van der Waals surface area contributed by atoms with Crippen molar-refractivity contribution in [2.75, 3.05) is 13.2 Å². The van der Waals surface area contributed by atoms with Crippen molar-refractivity contribution >= 4 is 8.07 Å². The van der Waals surface area contributed by atoms with Crippen LogP contribution in [-0.4, -0.2) is 26.4 Å². The predicted molar refractivity (Wildman–Crippen MR) is 62.6 cm³/mol. The first-order valence-corrected chi connectivity index (χ1v) is 8.99. The van der Waals surface area contributed by atoms with Gasteiger partial charge in [0.25, 0.3) is 0 Å². The molecule has 0 saturated carbocycles. The summed E-state index contributed by atoms with van der Waals surface area (Å²) in [5.41, 5.74) is 0. The van der Waals surface area contributed by atoms with E-state index in [1.165, 1.54) is 0 Å². The quantitative estimate of drug-likeness (QED) is 0.761. The second-order valence-electron chi connectivity index (χ2n) is 4.87. The molecule has 1 aromatic heterocycles. The average Bonchev–Trinajstić information content (AvgIpc) is 2.63. The molecule has 0 aliphatic carbocycles. The lowest BCUT2D eigenvalue weighted by molar-refractivity contribution is 0.00536. The summed E-state index contributed by atoms with van der Waals surface area (Å²) in [6.07, 6.45) is 1.29. The van der Waals surface area contributed by atoms with E-state index in [0.717, 1.165) is 6.04 Å². The van der Waals surface area contributed by atoms with Crippen molar-refractivity contribution in [2.45, 2.75) is 31.8 Å². The molecule has 1 heterocycles. The lowest BCUT2D eigenvalue weighted by Crippen LogP contribution is -2.22. The third-order valence-corrected chi connectivity index (χ3v) is 3.90. The normalized spacial score (nSPS) is 14.1. The van der Waals surface area contributed by atoms with Crippen molar-refractivity contribution in [3.63, 3.8) is 0 Å². The third kappa shape index (κ3) is 4.64. The van der Waals surface area contributed by atoms with Crippen LogP contribution < -0.4 is 0 Å². The van der Waals surface area contributed by atoms with E-state index < -0.39 is 8.07 Å². The van der Waals surface area contributed by atoms with E-state index in [9.17, 15) is 0 Å². The van der Waals surface area contributed by atoms with Gasteiger partial charge in [0.2, 0.25) is 0 Å². The second kappa shape index (κ2) is 5.49. The summed E-state index contributed by atoms with van der Waals surface area (Å²) >= 11 is 0. The van der Waals surface area contributed by atoms with E-state index >= 15 is 0 Å². The molecule has 0 spiro atoms. The number of hydrogen-bond acceptors (Lipinski definition) is 3. The summed E-state index contributed by atoms with van der Waals surface area (Å²) in [6, 6.07) is 4.74. The maximum absolute atomic E-state index is 9.15. The summed E-state index contributed by atoms with van der Waals surface area (Å²) in [5, 5.41) is 9.15. The molecule has 0 amide bonds. The molecule has 0 aromatic carbocycles. The Labute approximate surface area is 92.1 Å². The fraction of sp³-hybridized carbons (Fsp3) is 0.636. The first-order chi connectivity index (χ1) is 7.03. The molecule has 1 atom stereocenters. The lowest BCUT2D eigenvalue weighted by Gasteiger charge is -2.18. The Morgan fingerprint density at radius 2 is 2.20 bits per heavy atom.